The molecule has 1 unspecified atom stereocenters. The van der Waals surface area contributed by atoms with Gasteiger partial charge in [-0.15, -0.1) is 0 Å². The van der Waals surface area contributed by atoms with Gasteiger partial charge in [0, 0.05) is 25.2 Å². The molecule has 0 aromatic carbocycles. The first kappa shape index (κ1) is 17.0. The van der Waals surface area contributed by atoms with Crippen LogP contribution >= 0.6 is 15.9 Å². The summed E-state index contributed by atoms with van der Waals surface area (Å²) in [5, 5.41) is 10.3. The van der Waals surface area contributed by atoms with E-state index in [1.807, 2.05) is 0 Å². The Labute approximate surface area is 144 Å². The summed E-state index contributed by atoms with van der Waals surface area (Å²) in [6, 6.07) is 0.710. The van der Waals surface area contributed by atoms with Gasteiger partial charge in [-0.2, -0.15) is 23.4 Å². The van der Waals surface area contributed by atoms with Crippen LogP contribution in [-0.2, 0) is 18.0 Å². The number of aromatic nitrogens is 4. The molecule has 1 atom stereocenters. The Morgan fingerprint density at radius 2 is 2.08 bits per heavy atom. The standard InChI is InChI=1S/C14H15BrF3N5O/c1-7(13(24)19-9-5-6-22(2)20-9)23-11(8-3-4-8)10(15)12(21-23)14(16,17)18/h5-8H,3-4H2,1-2H3,(H,19,20,24). The zero-order valence-corrected chi connectivity index (χ0v) is 14.5. The van der Waals surface area contributed by atoms with Crippen LogP contribution in [0.3, 0.4) is 0 Å². The Morgan fingerprint density at radius 3 is 2.58 bits per heavy atom. The number of carbonyl (C=O) groups is 1. The smallest absolute Gasteiger partial charge is 0.307 e. The van der Waals surface area contributed by atoms with Crippen molar-refractivity contribution in [2.24, 2.45) is 7.05 Å². The van der Waals surface area contributed by atoms with Crippen LogP contribution in [0.5, 0.6) is 0 Å². The lowest BCUT2D eigenvalue weighted by atomic mass is 10.2. The molecule has 6 nitrogen and oxygen atoms in total. The maximum absolute atomic E-state index is 13.1. The van der Waals surface area contributed by atoms with Gasteiger partial charge >= 0.3 is 6.18 Å². The molecule has 24 heavy (non-hydrogen) atoms. The third-order valence-corrected chi connectivity index (χ3v) is 4.61. The summed E-state index contributed by atoms with van der Waals surface area (Å²) < 4.78 is 42.0. The molecule has 130 valence electrons. The monoisotopic (exact) mass is 405 g/mol. The second-order valence-corrected chi connectivity index (χ2v) is 6.60. The quantitative estimate of drug-likeness (QED) is 0.846. The molecule has 1 aliphatic carbocycles. The highest BCUT2D eigenvalue weighted by Crippen LogP contribution is 2.47. The number of nitrogens with one attached hydrogen (secondary N) is 1. The lowest BCUT2D eigenvalue weighted by Crippen LogP contribution is -2.26. The minimum atomic E-state index is -4.58. The van der Waals surface area contributed by atoms with Gasteiger partial charge in [-0.05, 0) is 35.7 Å². The van der Waals surface area contributed by atoms with Gasteiger partial charge in [0.05, 0.1) is 10.2 Å². The number of amides is 1. The number of alkyl halides is 3. The number of carbonyl (C=O) groups excluding carboxylic acids is 1. The number of nitrogens with zero attached hydrogens (tertiary/aromatic N) is 4. The van der Waals surface area contributed by atoms with E-state index in [2.05, 4.69) is 31.4 Å². The van der Waals surface area contributed by atoms with Gasteiger partial charge in [0.1, 0.15) is 6.04 Å². The van der Waals surface area contributed by atoms with E-state index in [0.717, 1.165) is 12.8 Å². The summed E-state index contributed by atoms with van der Waals surface area (Å²) in [4.78, 5) is 12.4. The van der Waals surface area contributed by atoms with Crippen molar-refractivity contribution in [3.05, 3.63) is 28.1 Å². The van der Waals surface area contributed by atoms with E-state index in [1.165, 1.54) is 16.3 Å². The second kappa shape index (κ2) is 5.91. The van der Waals surface area contributed by atoms with Gasteiger partial charge in [0.25, 0.3) is 0 Å². The van der Waals surface area contributed by atoms with Crippen molar-refractivity contribution in [2.75, 3.05) is 5.32 Å². The largest absolute Gasteiger partial charge is 0.436 e. The van der Waals surface area contributed by atoms with Crippen LogP contribution in [0.4, 0.5) is 19.0 Å². The van der Waals surface area contributed by atoms with Crippen molar-refractivity contribution in [3.8, 4) is 0 Å². The molecule has 0 aliphatic heterocycles. The molecule has 2 aromatic heterocycles. The zero-order valence-electron chi connectivity index (χ0n) is 12.9. The summed E-state index contributed by atoms with van der Waals surface area (Å²) in [6.07, 6.45) is -1.35. The predicted molar refractivity (Wildman–Crippen MR) is 83.5 cm³/mol. The Morgan fingerprint density at radius 1 is 1.42 bits per heavy atom. The van der Waals surface area contributed by atoms with Crippen LogP contribution in [0.1, 0.15) is 43.1 Å². The lowest BCUT2D eigenvalue weighted by molar-refractivity contribution is -0.142. The van der Waals surface area contributed by atoms with Gasteiger partial charge in [-0.25, -0.2) is 0 Å². The normalized spacial score (nSPS) is 16.2. The summed E-state index contributed by atoms with van der Waals surface area (Å²) in [5.41, 5.74) is -0.576. The van der Waals surface area contributed by atoms with Crippen LogP contribution in [0, 0.1) is 0 Å². The fourth-order valence-electron chi connectivity index (χ4n) is 2.45. The van der Waals surface area contributed by atoms with E-state index in [-0.39, 0.29) is 10.4 Å². The summed E-state index contributed by atoms with van der Waals surface area (Å²) in [6.45, 7) is 1.52. The number of anilines is 1. The third-order valence-electron chi connectivity index (χ3n) is 3.83. The maximum atomic E-state index is 13.1. The minimum Gasteiger partial charge on any atom is -0.307 e. The molecule has 0 spiro atoms. The van der Waals surface area contributed by atoms with Crippen LogP contribution in [-0.4, -0.2) is 25.5 Å². The predicted octanol–water partition coefficient (Wildman–Crippen LogP) is 3.48. The van der Waals surface area contributed by atoms with Crippen LogP contribution in [0.2, 0.25) is 0 Å². The molecule has 2 aromatic rings. The van der Waals surface area contributed by atoms with Gasteiger partial charge in [0.2, 0.25) is 5.91 Å². The lowest BCUT2D eigenvalue weighted by Gasteiger charge is -2.15. The van der Waals surface area contributed by atoms with E-state index in [9.17, 15) is 18.0 Å². The SMILES string of the molecule is CC(C(=O)Nc1ccn(C)n1)n1nc(C(F)(F)F)c(Br)c1C1CC1. The highest BCUT2D eigenvalue weighted by Gasteiger charge is 2.43. The minimum absolute atomic E-state index is 0.00641. The molecule has 1 N–H and O–H groups in total. The number of rotatable bonds is 4. The van der Waals surface area contributed by atoms with E-state index in [0.29, 0.717) is 11.5 Å². The molecular weight excluding hydrogens is 391 g/mol. The molecule has 1 fully saturated rings. The molecule has 3 rings (SSSR count). The molecule has 1 amide bonds. The zero-order chi connectivity index (χ0) is 17.6. The van der Waals surface area contributed by atoms with Gasteiger partial charge < -0.3 is 5.32 Å². The van der Waals surface area contributed by atoms with Crippen molar-refractivity contribution in [1.82, 2.24) is 19.6 Å². The highest BCUT2D eigenvalue weighted by molar-refractivity contribution is 9.10. The first-order chi connectivity index (χ1) is 11.2. The van der Waals surface area contributed by atoms with E-state index in [1.54, 1.807) is 19.3 Å². The molecule has 0 bridgehead atoms. The Kier molecular flexibility index (Phi) is 4.18. The van der Waals surface area contributed by atoms with Crippen LogP contribution in [0.15, 0.2) is 16.7 Å². The highest BCUT2D eigenvalue weighted by atomic mass is 79.9. The number of hydrogen-bond donors (Lipinski definition) is 1. The molecule has 0 saturated heterocycles. The van der Waals surface area contributed by atoms with E-state index >= 15 is 0 Å². The van der Waals surface area contributed by atoms with Gasteiger partial charge in [-0.3, -0.25) is 14.2 Å². The van der Waals surface area contributed by atoms with Gasteiger partial charge in [0.15, 0.2) is 11.5 Å². The van der Waals surface area contributed by atoms with E-state index < -0.39 is 23.8 Å². The fraction of sp³-hybridized carbons (Fsp3) is 0.500. The second-order valence-electron chi connectivity index (χ2n) is 5.80. The van der Waals surface area contributed by atoms with Crippen molar-refractivity contribution in [2.45, 2.75) is 37.9 Å². The van der Waals surface area contributed by atoms with Crippen molar-refractivity contribution < 1.29 is 18.0 Å². The van der Waals surface area contributed by atoms with Crippen molar-refractivity contribution in [1.29, 1.82) is 0 Å². The number of aryl methyl sites for hydroxylation is 1. The molecule has 10 heteroatoms. The summed E-state index contributed by atoms with van der Waals surface area (Å²) >= 11 is 3.02. The Balaban J connectivity index is 1.91. The Bertz CT molecular complexity index is 778. The average Bonchev–Trinajstić information content (AvgIpc) is 3.14. The Hall–Kier alpha value is -1.84. The first-order valence-electron chi connectivity index (χ1n) is 7.34. The fourth-order valence-corrected chi connectivity index (χ4v) is 3.26. The topological polar surface area (TPSA) is 64.7 Å². The number of halogens is 4. The first-order valence-corrected chi connectivity index (χ1v) is 8.13. The van der Waals surface area contributed by atoms with Crippen molar-refractivity contribution in [3.63, 3.8) is 0 Å². The maximum Gasteiger partial charge on any atom is 0.436 e. The number of hydrogen-bond acceptors (Lipinski definition) is 3. The van der Waals surface area contributed by atoms with Crippen LogP contribution in [0.25, 0.3) is 0 Å². The summed E-state index contributed by atoms with van der Waals surface area (Å²) in [7, 11) is 1.70. The summed E-state index contributed by atoms with van der Waals surface area (Å²) in [5.74, 6) is -0.142. The molecule has 2 heterocycles. The average molecular weight is 406 g/mol. The van der Waals surface area contributed by atoms with Crippen molar-refractivity contribution >= 4 is 27.7 Å². The molecular formula is C14H15BrF3N5O. The van der Waals surface area contributed by atoms with E-state index in [4.69, 9.17) is 0 Å². The molecule has 1 aliphatic rings. The molecule has 0 radical (unpaired) electrons. The van der Waals surface area contributed by atoms with Crippen LogP contribution < -0.4 is 5.32 Å². The third kappa shape index (κ3) is 3.19. The van der Waals surface area contributed by atoms with Gasteiger partial charge in [-0.1, -0.05) is 0 Å². The molecule has 1 saturated carbocycles.